The van der Waals surface area contributed by atoms with E-state index < -0.39 is 99.6 Å². The van der Waals surface area contributed by atoms with E-state index in [1.807, 2.05) is 13.8 Å². The predicted octanol–water partition coefficient (Wildman–Crippen LogP) is -3.74. The number of carbonyl (C=O) groups excluding carboxylic acids is 6. The van der Waals surface area contributed by atoms with E-state index in [-0.39, 0.29) is 31.1 Å². The second-order valence-electron chi connectivity index (χ2n) is 13.0. The number of phosphoric ester groups is 1. The molecule has 1 aromatic heterocycles. The van der Waals surface area contributed by atoms with Gasteiger partial charge in [-0.3, -0.25) is 37.8 Å². The Hall–Kier alpha value is -3.92. The highest BCUT2D eigenvalue weighted by molar-refractivity contribution is 7.47. The fraction of sp³-hybridized carbons (Fsp3) is 0.700. The number of likely N-dealkylation sites (tertiary alicyclic amines) is 1. The highest BCUT2D eigenvalue weighted by Gasteiger charge is 2.38. The van der Waals surface area contributed by atoms with E-state index in [0.717, 1.165) is 6.92 Å². The van der Waals surface area contributed by atoms with Crippen LogP contribution >= 0.6 is 7.82 Å². The summed E-state index contributed by atoms with van der Waals surface area (Å²) < 4.78 is 27.2. The third kappa shape index (κ3) is 15.2. The quantitative estimate of drug-likeness (QED) is 0.0382. The third-order valence-corrected chi connectivity index (χ3v) is 9.28. The van der Waals surface area contributed by atoms with Crippen LogP contribution in [0.5, 0.6) is 0 Å². The zero-order valence-electron chi connectivity index (χ0n) is 30.5. The van der Waals surface area contributed by atoms with Crippen molar-refractivity contribution in [3.8, 4) is 0 Å². The minimum absolute atomic E-state index is 0.0664. The number of nitrogens with zero attached hydrogens (tertiary/aromatic N) is 2. The van der Waals surface area contributed by atoms with Gasteiger partial charge in [-0.1, -0.05) is 13.8 Å². The molecule has 0 bridgehead atoms. The van der Waals surface area contributed by atoms with Gasteiger partial charge in [-0.15, -0.1) is 0 Å². The van der Waals surface area contributed by atoms with Gasteiger partial charge < -0.3 is 56.6 Å². The first-order valence-corrected chi connectivity index (χ1v) is 18.6. The molecule has 6 amide bonds. The lowest BCUT2D eigenvalue weighted by molar-refractivity contribution is -0.138. The zero-order valence-corrected chi connectivity index (χ0v) is 31.4. The van der Waals surface area contributed by atoms with Gasteiger partial charge in [0.15, 0.2) is 0 Å². The van der Waals surface area contributed by atoms with E-state index in [2.05, 4.69) is 31.2 Å². The Morgan fingerprint density at radius 3 is 2.28 bits per heavy atom. The van der Waals surface area contributed by atoms with E-state index in [1.165, 1.54) is 32.4 Å². The van der Waals surface area contributed by atoms with E-state index >= 15 is 0 Å². The Balaban J connectivity index is 2.23. The Morgan fingerprint density at radius 2 is 1.72 bits per heavy atom. The average Bonchev–Trinajstić information content (AvgIpc) is 3.78. The number of aliphatic hydroxyl groups is 2. The number of rotatable bonds is 23. The highest BCUT2D eigenvalue weighted by Crippen LogP contribution is 2.45. The molecule has 0 aliphatic carbocycles. The van der Waals surface area contributed by atoms with Gasteiger partial charge in [0, 0.05) is 31.8 Å². The molecule has 0 saturated carbocycles. The summed E-state index contributed by atoms with van der Waals surface area (Å²) in [5.74, 6) is -4.58. The molecule has 1 aromatic rings. The summed E-state index contributed by atoms with van der Waals surface area (Å²) in [6, 6.07) is -6.38. The second kappa shape index (κ2) is 21.7. The average molecular weight is 775 g/mol. The molecule has 0 aromatic carbocycles. The molecule has 2 heterocycles. The minimum Gasteiger partial charge on any atom is -0.441 e. The summed E-state index contributed by atoms with van der Waals surface area (Å²) in [5.41, 5.74) is 5.88. The molecule has 8 atom stereocenters. The van der Waals surface area contributed by atoms with Gasteiger partial charge in [0.2, 0.25) is 35.4 Å². The largest absolute Gasteiger partial charge is 0.472 e. The summed E-state index contributed by atoms with van der Waals surface area (Å²) in [5, 5.41) is 28.4. The molecular formula is C30H52BN8O13P. The maximum atomic E-state index is 13.7. The van der Waals surface area contributed by atoms with Crippen LogP contribution in [0.15, 0.2) is 12.5 Å². The zero-order chi connectivity index (χ0) is 39.9. The number of primary amides is 1. The summed E-state index contributed by atoms with van der Waals surface area (Å²) in [6.07, 6.45) is 0.952. The minimum atomic E-state index is -4.84. The van der Waals surface area contributed by atoms with Gasteiger partial charge in [-0.05, 0) is 38.5 Å². The standard InChI is InChI=1S/C30H52BN8O13P/c1-16(2)10-21(36-30(47)24-6-5-8-39(24)18(4)41)27(44)35-22(11-19-12-33-15-34-19)28(45)37-23(14-50-31)29(46)38-25(26(32)43)17(3)52-53(48,49)51-9-7-20(42)13-40/h12,15-17,20-25,40,42H,5-11,13-14,31H2,1-4H3,(H2,32,43)(H,33,34)(H,35,44)(H,36,47)(H,37,45)(H,38,46)(H,48,49)/t17-,20+,21+,22+,23+,24+,25+/m1/s1. The van der Waals surface area contributed by atoms with Crippen LogP contribution in [0.2, 0.25) is 0 Å². The van der Waals surface area contributed by atoms with E-state index in [9.17, 15) is 43.3 Å². The van der Waals surface area contributed by atoms with Crippen molar-refractivity contribution in [3.05, 3.63) is 18.2 Å². The van der Waals surface area contributed by atoms with Crippen molar-refractivity contribution in [2.75, 3.05) is 26.4 Å². The fourth-order valence-electron chi connectivity index (χ4n) is 5.48. The molecule has 1 aliphatic rings. The monoisotopic (exact) mass is 774 g/mol. The summed E-state index contributed by atoms with van der Waals surface area (Å²) >= 11 is 0. The number of aliphatic hydroxyl groups excluding tert-OH is 2. The Kier molecular flexibility index (Phi) is 18.5. The van der Waals surface area contributed by atoms with Gasteiger partial charge in [0.1, 0.15) is 30.2 Å². The van der Waals surface area contributed by atoms with Gasteiger partial charge in [-0.2, -0.15) is 0 Å². The molecule has 1 saturated heterocycles. The summed E-state index contributed by atoms with van der Waals surface area (Å²) in [4.78, 5) is 96.7. The molecule has 53 heavy (non-hydrogen) atoms. The third-order valence-electron chi connectivity index (χ3n) is 8.17. The molecule has 0 radical (unpaired) electrons. The van der Waals surface area contributed by atoms with Crippen LogP contribution in [0, 0.1) is 5.92 Å². The number of nitrogens with one attached hydrogen (secondary N) is 5. The number of hydrogen-bond acceptors (Lipinski definition) is 13. The number of H-pyrrole nitrogens is 1. The first-order chi connectivity index (χ1) is 24.9. The molecule has 2 rings (SSSR count). The van der Waals surface area contributed by atoms with E-state index in [1.54, 1.807) is 0 Å². The Labute approximate surface area is 307 Å². The maximum Gasteiger partial charge on any atom is 0.472 e. The van der Waals surface area contributed by atoms with Crippen molar-refractivity contribution >= 4 is 51.3 Å². The lowest BCUT2D eigenvalue weighted by atomic mass is 10.0. The number of carbonyl (C=O) groups is 6. The Morgan fingerprint density at radius 1 is 1.08 bits per heavy atom. The van der Waals surface area contributed by atoms with Crippen molar-refractivity contribution in [2.45, 2.75) is 102 Å². The van der Waals surface area contributed by atoms with E-state index in [4.69, 9.17) is 24.5 Å². The van der Waals surface area contributed by atoms with Crippen molar-refractivity contribution in [3.63, 3.8) is 0 Å². The van der Waals surface area contributed by atoms with E-state index in [0.29, 0.717) is 25.1 Å². The van der Waals surface area contributed by atoms with Crippen LogP contribution < -0.4 is 27.0 Å². The maximum absolute atomic E-state index is 13.7. The molecular weight excluding hydrogens is 722 g/mol. The lowest BCUT2D eigenvalue weighted by Crippen LogP contribution is -2.61. The molecule has 1 aliphatic heterocycles. The molecule has 10 N–H and O–H groups in total. The molecule has 1 unspecified atom stereocenters. The second-order valence-corrected chi connectivity index (χ2v) is 14.5. The number of amides is 6. The molecule has 298 valence electrons. The first kappa shape index (κ1) is 45.2. The van der Waals surface area contributed by atoms with Gasteiger partial charge in [0.05, 0.1) is 38.4 Å². The smallest absolute Gasteiger partial charge is 0.441 e. The lowest BCUT2D eigenvalue weighted by Gasteiger charge is -2.29. The van der Waals surface area contributed by atoms with Crippen molar-refractivity contribution < 1.29 is 62.1 Å². The van der Waals surface area contributed by atoms with Crippen LogP contribution in [-0.2, 0) is 53.5 Å². The number of aromatic nitrogens is 2. The Bertz CT molecular complexity index is 1440. The summed E-state index contributed by atoms with van der Waals surface area (Å²) in [7, 11) is -3.61. The van der Waals surface area contributed by atoms with Crippen LogP contribution in [0.4, 0.5) is 0 Å². The number of aromatic amines is 1. The first-order valence-electron chi connectivity index (χ1n) is 17.1. The topological polar surface area (TPSA) is 314 Å². The van der Waals surface area contributed by atoms with Crippen molar-refractivity contribution in [1.29, 1.82) is 0 Å². The highest BCUT2D eigenvalue weighted by atomic mass is 31.2. The molecule has 23 heteroatoms. The number of nitrogens with two attached hydrogens (primary N) is 1. The number of imidazole rings is 1. The predicted molar refractivity (Wildman–Crippen MR) is 188 cm³/mol. The molecule has 0 spiro atoms. The normalized spacial score (nSPS) is 18.9. The van der Waals surface area contributed by atoms with Gasteiger partial charge >= 0.3 is 7.82 Å². The van der Waals surface area contributed by atoms with Gasteiger partial charge in [0.25, 0.3) is 8.05 Å². The summed E-state index contributed by atoms with van der Waals surface area (Å²) in [6.45, 7) is 5.08. The van der Waals surface area contributed by atoms with Crippen LogP contribution in [0.1, 0.15) is 59.1 Å². The SMILES string of the molecule is BOC[C@H](NC(=O)[C@H](Cc1cnc[nH]1)NC(=O)[C@H](CC(C)C)NC(=O)[C@@H]1CCCN1C(C)=O)C(=O)N[C@H](C(N)=O)[C@@H](C)OP(=O)(O)OCC[C@H](O)CO. The molecule has 1 fully saturated rings. The fourth-order valence-corrected chi connectivity index (χ4v) is 6.42. The number of hydrogen-bond donors (Lipinski definition) is 9. The van der Waals surface area contributed by atoms with Gasteiger partial charge in [-0.25, -0.2) is 9.55 Å². The van der Waals surface area contributed by atoms with Crippen molar-refractivity contribution in [1.82, 2.24) is 36.1 Å². The van der Waals surface area contributed by atoms with Crippen molar-refractivity contribution in [2.24, 2.45) is 11.7 Å². The van der Waals surface area contributed by atoms with Crippen LogP contribution in [0.25, 0.3) is 0 Å². The van der Waals surface area contributed by atoms with Crippen LogP contribution in [0.3, 0.4) is 0 Å². The van der Waals surface area contributed by atoms with Crippen LogP contribution in [-0.4, -0.2) is 142 Å². The molecule has 21 nitrogen and oxygen atoms in total. The number of phosphoric acid groups is 1.